The van der Waals surface area contributed by atoms with Gasteiger partial charge in [0.15, 0.2) is 21.3 Å². The van der Waals surface area contributed by atoms with Gasteiger partial charge in [0, 0.05) is 0 Å². The summed E-state index contributed by atoms with van der Waals surface area (Å²) >= 11 is 0. The minimum absolute atomic E-state index is 0.0404. The summed E-state index contributed by atoms with van der Waals surface area (Å²) in [4.78, 5) is 0.290. The maximum atomic E-state index is 12.0. The highest BCUT2D eigenvalue weighted by atomic mass is 32.2. The average Bonchev–Trinajstić information content (AvgIpc) is 2.41. The molecule has 0 amide bonds. The van der Waals surface area contributed by atoms with E-state index in [2.05, 4.69) is 0 Å². The van der Waals surface area contributed by atoms with Gasteiger partial charge in [0.2, 0.25) is 0 Å². The number of phenolic OH excluding ortho intramolecular Hbond substituents is 2. The largest absolute Gasteiger partial charge is 0.504 e. The second kappa shape index (κ2) is 5.32. The first-order valence-corrected chi connectivity index (χ1v) is 7.43. The van der Waals surface area contributed by atoms with Gasteiger partial charge in [0.05, 0.1) is 10.6 Å². The topological polar surface area (TPSA) is 74.6 Å². The molecule has 0 saturated carbocycles. The first kappa shape index (κ1) is 13.4. The second-order valence-electron chi connectivity index (χ2n) is 4.20. The van der Waals surface area contributed by atoms with Crippen molar-refractivity contribution in [1.82, 2.24) is 0 Å². The van der Waals surface area contributed by atoms with Crippen LogP contribution in [0.3, 0.4) is 0 Å². The molecule has 2 N–H and O–H groups in total. The first-order valence-electron chi connectivity index (χ1n) is 5.78. The van der Waals surface area contributed by atoms with Crippen LogP contribution in [0.2, 0.25) is 0 Å². The highest BCUT2D eigenvalue weighted by molar-refractivity contribution is 7.91. The monoisotopic (exact) mass is 278 g/mol. The Morgan fingerprint density at radius 1 is 0.895 bits per heavy atom. The van der Waals surface area contributed by atoms with E-state index >= 15 is 0 Å². The van der Waals surface area contributed by atoms with Crippen molar-refractivity contribution in [2.75, 3.05) is 5.75 Å². The minimum atomic E-state index is -3.33. The van der Waals surface area contributed by atoms with Gasteiger partial charge in [0.25, 0.3) is 0 Å². The van der Waals surface area contributed by atoms with E-state index < -0.39 is 9.84 Å². The number of sulfone groups is 1. The van der Waals surface area contributed by atoms with Crippen LogP contribution < -0.4 is 0 Å². The maximum absolute atomic E-state index is 12.0. The first-order chi connectivity index (χ1) is 8.99. The van der Waals surface area contributed by atoms with E-state index in [1.807, 2.05) is 0 Å². The van der Waals surface area contributed by atoms with Gasteiger partial charge < -0.3 is 10.2 Å². The van der Waals surface area contributed by atoms with Gasteiger partial charge in [0.1, 0.15) is 0 Å². The van der Waals surface area contributed by atoms with E-state index in [0.717, 1.165) is 0 Å². The van der Waals surface area contributed by atoms with E-state index in [1.165, 1.54) is 12.1 Å². The van der Waals surface area contributed by atoms with Crippen molar-refractivity contribution in [3.8, 4) is 11.5 Å². The Hall–Kier alpha value is -2.01. The molecule has 0 fully saturated rings. The molecule has 0 saturated heterocycles. The summed E-state index contributed by atoms with van der Waals surface area (Å²) in [5.41, 5.74) is 0.662. The molecule has 2 aromatic carbocycles. The highest BCUT2D eigenvalue weighted by Crippen LogP contribution is 2.25. The number of benzene rings is 2. The van der Waals surface area contributed by atoms with E-state index in [9.17, 15) is 18.6 Å². The lowest BCUT2D eigenvalue weighted by Crippen LogP contribution is -2.09. The molecule has 19 heavy (non-hydrogen) atoms. The Balaban J connectivity index is 2.12. The van der Waals surface area contributed by atoms with Crippen molar-refractivity contribution >= 4 is 9.84 Å². The second-order valence-corrected chi connectivity index (χ2v) is 6.31. The van der Waals surface area contributed by atoms with Crippen molar-refractivity contribution in [2.45, 2.75) is 11.3 Å². The van der Waals surface area contributed by atoms with E-state index in [1.54, 1.807) is 36.4 Å². The zero-order chi connectivity index (χ0) is 13.9. The van der Waals surface area contributed by atoms with Gasteiger partial charge in [-0.05, 0) is 36.2 Å². The molecule has 0 heterocycles. The molecule has 0 unspecified atom stereocenters. The van der Waals surface area contributed by atoms with Crippen LogP contribution in [0.5, 0.6) is 11.5 Å². The van der Waals surface area contributed by atoms with Crippen LogP contribution in [0.25, 0.3) is 0 Å². The molecule has 0 radical (unpaired) electrons. The van der Waals surface area contributed by atoms with Gasteiger partial charge in [-0.25, -0.2) is 8.42 Å². The van der Waals surface area contributed by atoms with Crippen LogP contribution in [-0.4, -0.2) is 24.4 Å². The molecule has 0 atom stereocenters. The van der Waals surface area contributed by atoms with Crippen LogP contribution in [0.15, 0.2) is 53.4 Å². The maximum Gasteiger partial charge on any atom is 0.178 e. The SMILES string of the molecule is O=S(=O)(CCc1ccc(O)c(O)c1)c1ccccc1. The summed E-state index contributed by atoms with van der Waals surface area (Å²) in [7, 11) is -3.33. The molecule has 2 rings (SSSR count). The Morgan fingerprint density at radius 3 is 2.21 bits per heavy atom. The van der Waals surface area contributed by atoms with E-state index in [-0.39, 0.29) is 28.6 Å². The Morgan fingerprint density at radius 2 is 1.58 bits per heavy atom. The van der Waals surface area contributed by atoms with E-state index in [4.69, 9.17) is 0 Å². The molecule has 0 aromatic heterocycles. The molecule has 5 heteroatoms. The lowest BCUT2D eigenvalue weighted by molar-refractivity contribution is 0.403. The summed E-state index contributed by atoms with van der Waals surface area (Å²) in [5, 5.41) is 18.5. The summed E-state index contributed by atoms with van der Waals surface area (Å²) < 4.78 is 24.1. The molecule has 4 nitrogen and oxygen atoms in total. The molecule has 0 aliphatic rings. The van der Waals surface area contributed by atoms with Crippen molar-refractivity contribution in [2.24, 2.45) is 0 Å². The van der Waals surface area contributed by atoms with Gasteiger partial charge in [-0.1, -0.05) is 24.3 Å². The fourth-order valence-electron chi connectivity index (χ4n) is 1.72. The molecule has 0 aliphatic heterocycles. The molecule has 0 spiro atoms. The summed E-state index contributed by atoms with van der Waals surface area (Å²) in [5.74, 6) is -0.495. The summed E-state index contributed by atoms with van der Waals surface area (Å²) in [6, 6.07) is 12.5. The third kappa shape index (κ3) is 3.26. The molecule has 2 aromatic rings. The number of aryl methyl sites for hydroxylation is 1. The molecular weight excluding hydrogens is 264 g/mol. The molecule has 0 aliphatic carbocycles. The van der Waals surface area contributed by atoms with Crippen molar-refractivity contribution in [1.29, 1.82) is 0 Å². The summed E-state index contributed by atoms with van der Waals surface area (Å²) in [6.45, 7) is 0. The predicted octanol–water partition coefficient (Wildman–Crippen LogP) is 2.11. The highest BCUT2D eigenvalue weighted by Gasteiger charge is 2.14. The van der Waals surface area contributed by atoms with Gasteiger partial charge in [-0.2, -0.15) is 0 Å². The third-order valence-corrected chi connectivity index (χ3v) is 4.53. The van der Waals surface area contributed by atoms with Crippen molar-refractivity contribution in [3.05, 3.63) is 54.1 Å². The lowest BCUT2D eigenvalue weighted by atomic mass is 10.1. The van der Waals surface area contributed by atoms with E-state index in [0.29, 0.717) is 5.56 Å². The lowest BCUT2D eigenvalue weighted by Gasteiger charge is -2.05. The number of aromatic hydroxyl groups is 2. The van der Waals surface area contributed by atoms with Crippen LogP contribution >= 0.6 is 0 Å². The fraction of sp³-hybridized carbons (Fsp3) is 0.143. The molecule has 0 bridgehead atoms. The van der Waals surface area contributed by atoms with Crippen LogP contribution in [0, 0.1) is 0 Å². The molecular formula is C14H14O4S. The average molecular weight is 278 g/mol. The van der Waals surface area contributed by atoms with Gasteiger partial charge in [-0.15, -0.1) is 0 Å². The van der Waals surface area contributed by atoms with Gasteiger partial charge in [-0.3, -0.25) is 0 Å². The number of rotatable bonds is 4. The standard InChI is InChI=1S/C14H14O4S/c15-13-7-6-11(10-14(13)16)8-9-19(17,18)12-4-2-1-3-5-12/h1-7,10,15-16H,8-9H2. The zero-order valence-electron chi connectivity index (χ0n) is 10.2. The third-order valence-electron chi connectivity index (χ3n) is 2.80. The van der Waals surface area contributed by atoms with Crippen LogP contribution in [0.4, 0.5) is 0 Å². The normalized spacial score (nSPS) is 11.4. The quantitative estimate of drug-likeness (QED) is 0.840. The zero-order valence-corrected chi connectivity index (χ0v) is 11.0. The van der Waals surface area contributed by atoms with Gasteiger partial charge >= 0.3 is 0 Å². The minimum Gasteiger partial charge on any atom is -0.504 e. The molecule has 100 valence electrons. The summed E-state index contributed by atoms with van der Waals surface area (Å²) in [6.07, 6.45) is 0.283. The Bertz CT molecular complexity index is 663. The van der Waals surface area contributed by atoms with Crippen LogP contribution in [-0.2, 0) is 16.3 Å². The number of phenols is 2. The van der Waals surface area contributed by atoms with Crippen molar-refractivity contribution < 1.29 is 18.6 Å². The smallest absolute Gasteiger partial charge is 0.178 e. The number of hydrogen-bond acceptors (Lipinski definition) is 4. The number of hydrogen-bond donors (Lipinski definition) is 2. The Kier molecular flexibility index (Phi) is 3.76. The Labute approximate surface area is 111 Å². The fourth-order valence-corrected chi connectivity index (χ4v) is 3.03. The predicted molar refractivity (Wildman–Crippen MR) is 72.0 cm³/mol. The van der Waals surface area contributed by atoms with Crippen molar-refractivity contribution in [3.63, 3.8) is 0 Å². The van der Waals surface area contributed by atoms with Crippen LogP contribution in [0.1, 0.15) is 5.56 Å².